The van der Waals surface area contributed by atoms with Gasteiger partial charge in [-0.15, -0.1) is 0 Å². The van der Waals surface area contributed by atoms with Gasteiger partial charge in [0.2, 0.25) is 0 Å². The van der Waals surface area contributed by atoms with Gasteiger partial charge in [0.25, 0.3) is 0 Å². The van der Waals surface area contributed by atoms with Gasteiger partial charge >= 0.3 is 51.4 Å². The molecule has 0 rings (SSSR count). The summed E-state index contributed by atoms with van der Waals surface area (Å²) in [7, 11) is 0. The van der Waals surface area contributed by atoms with Crippen molar-refractivity contribution in [2.24, 2.45) is 0 Å². The fraction of sp³-hybridized carbons (Fsp3) is 1.00. The second-order valence-electron chi connectivity index (χ2n) is 1.57. The summed E-state index contributed by atoms with van der Waals surface area (Å²) in [4.78, 5) is 0. The normalized spacial score (nSPS) is 12.4. The van der Waals surface area contributed by atoms with E-state index in [1.807, 2.05) is 0 Å². The van der Waals surface area contributed by atoms with Crippen LogP contribution in [-0.2, 0) is 0 Å². The maximum atomic E-state index is 2.44. The average molecular weight is 238 g/mol. The van der Waals surface area contributed by atoms with Crippen LogP contribution in [-0.4, -0.2) is 55.3 Å². The number of halogens is 1. The van der Waals surface area contributed by atoms with Crippen molar-refractivity contribution in [1.82, 2.24) is 0 Å². The van der Waals surface area contributed by atoms with Crippen LogP contribution in [0.5, 0.6) is 0 Å². The summed E-state index contributed by atoms with van der Waals surface area (Å²) >= 11 is 2.44. The molecule has 0 radical (unpaired) electrons. The van der Waals surface area contributed by atoms with Crippen LogP contribution >= 0.6 is 22.6 Å². The minimum atomic E-state index is 0. The van der Waals surface area contributed by atoms with E-state index >= 15 is 0 Å². The molecule has 0 heterocycles. The van der Waals surface area contributed by atoms with E-state index in [2.05, 4.69) is 36.4 Å². The molecule has 0 aliphatic carbocycles. The molecule has 0 saturated carbocycles. The molecule has 0 nitrogen and oxygen atoms in total. The van der Waals surface area contributed by atoms with E-state index in [4.69, 9.17) is 0 Å². The first-order valence-corrected chi connectivity index (χ1v) is 3.66. The Bertz CT molecular complexity index is 29.3. The molecular formula is C5H12IK. The molecule has 0 bridgehead atoms. The van der Waals surface area contributed by atoms with Crippen molar-refractivity contribution in [3.8, 4) is 0 Å². The summed E-state index contributed by atoms with van der Waals surface area (Å²) < 4.78 is 0.868. The Morgan fingerprint density at radius 1 is 1.57 bits per heavy atom. The Morgan fingerprint density at radius 3 is 2.00 bits per heavy atom. The van der Waals surface area contributed by atoms with Crippen molar-refractivity contribution >= 4 is 74.0 Å². The molecule has 1 atom stereocenters. The van der Waals surface area contributed by atoms with Crippen LogP contribution in [0.2, 0.25) is 0 Å². The van der Waals surface area contributed by atoms with Crippen LogP contribution in [0.15, 0.2) is 0 Å². The minimum absolute atomic E-state index is 0. The molecule has 0 fully saturated rings. The molecule has 0 spiro atoms. The molecule has 1 unspecified atom stereocenters. The Morgan fingerprint density at radius 2 is 2.00 bits per heavy atom. The number of alkyl halides is 1. The summed E-state index contributed by atoms with van der Waals surface area (Å²) in [6, 6.07) is 0. The average Bonchev–Trinajstić information content (AvgIpc) is 1.35. The molecule has 0 aromatic rings. The zero-order chi connectivity index (χ0) is 4.99. The molecule has 0 aromatic heterocycles. The number of rotatable bonds is 2. The Labute approximate surface area is 102 Å². The van der Waals surface area contributed by atoms with Gasteiger partial charge in [-0.1, -0.05) is 42.9 Å². The fourth-order valence-electron chi connectivity index (χ4n) is 0.398. The maximum absolute atomic E-state index is 2.44. The molecule has 0 aliphatic rings. The third kappa shape index (κ3) is 11.8. The van der Waals surface area contributed by atoms with Gasteiger partial charge in [-0.25, -0.2) is 0 Å². The van der Waals surface area contributed by atoms with E-state index in [0.29, 0.717) is 0 Å². The second kappa shape index (κ2) is 8.37. The van der Waals surface area contributed by atoms with Gasteiger partial charge in [-0.3, -0.25) is 0 Å². The first-order valence-electron chi connectivity index (χ1n) is 2.41. The standard InChI is InChI=1S/C5H11I.K.H/c1-3-4-5(2)6;;/h5H,3-4H2,1-2H3;;. The summed E-state index contributed by atoms with van der Waals surface area (Å²) in [5.74, 6) is 0. The number of hydrogen-bond acceptors (Lipinski definition) is 0. The predicted octanol–water partition coefficient (Wildman–Crippen LogP) is 1.96. The first-order chi connectivity index (χ1) is 2.77. The second-order valence-corrected chi connectivity index (χ2v) is 3.70. The van der Waals surface area contributed by atoms with E-state index in [-0.39, 0.29) is 51.4 Å². The van der Waals surface area contributed by atoms with Gasteiger partial charge in [-0.2, -0.15) is 0 Å². The molecule has 7 heavy (non-hydrogen) atoms. The third-order valence-corrected chi connectivity index (χ3v) is 1.31. The first kappa shape index (κ1) is 12.1. The molecule has 0 N–H and O–H groups in total. The van der Waals surface area contributed by atoms with Crippen molar-refractivity contribution < 1.29 is 0 Å². The molecule has 0 amide bonds. The predicted molar refractivity (Wildman–Crippen MR) is 45.5 cm³/mol. The summed E-state index contributed by atoms with van der Waals surface area (Å²) in [5, 5.41) is 0. The SMILES string of the molecule is CCCC(C)I.[KH]. The van der Waals surface area contributed by atoms with Gasteiger partial charge in [0.05, 0.1) is 0 Å². The van der Waals surface area contributed by atoms with Gasteiger partial charge in [-0.05, 0) is 6.42 Å². The molecule has 0 aliphatic heterocycles. The number of hydrogen-bond donors (Lipinski definition) is 0. The van der Waals surface area contributed by atoms with E-state index in [0.717, 1.165) is 3.92 Å². The van der Waals surface area contributed by atoms with Crippen LogP contribution in [0, 0.1) is 0 Å². The molecule has 2 heteroatoms. The van der Waals surface area contributed by atoms with Crippen LogP contribution in [0.25, 0.3) is 0 Å². The summed E-state index contributed by atoms with van der Waals surface area (Å²) in [5.41, 5.74) is 0. The van der Waals surface area contributed by atoms with Crippen molar-refractivity contribution in [3.05, 3.63) is 0 Å². The quantitative estimate of drug-likeness (QED) is 0.392. The van der Waals surface area contributed by atoms with Crippen LogP contribution in [0.1, 0.15) is 26.7 Å². The van der Waals surface area contributed by atoms with E-state index < -0.39 is 0 Å². The molecule has 0 saturated heterocycles. The molecule has 0 aromatic carbocycles. The van der Waals surface area contributed by atoms with Gasteiger partial charge in [0, 0.05) is 3.92 Å². The molecular weight excluding hydrogens is 226 g/mol. The monoisotopic (exact) mass is 238 g/mol. The van der Waals surface area contributed by atoms with Crippen molar-refractivity contribution in [1.29, 1.82) is 0 Å². The molecule has 40 valence electrons. The van der Waals surface area contributed by atoms with E-state index in [1.165, 1.54) is 12.8 Å². The van der Waals surface area contributed by atoms with Crippen molar-refractivity contribution in [2.45, 2.75) is 30.6 Å². The summed E-state index contributed by atoms with van der Waals surface area (Å²) in [6.07, 6.45) is 2.69. The zero-order valence-electron chi connectivity index (χ0n) is 4.37. The Balaban J connectivity index is 0. The van der Waals surface area contributed by atoms with E-state index in [9.17, 15) is 0 Å². The van der Waals surface area contributed by atoms with Crippen molar-refractivity contribution in [2.75, 3.05) is 0 Å². The Hall–Kier alpha value is 2.37. The van der Waals surface area contributed by atoms with Crippen LogP contribution in [0.4, 0.5) is 0 Å². The topological polar surface area (TPSA) is 0 Å². The van der Waals surface area contributed by atoms with Crippen LogP contribution < -0.4 is 0 Å². The van der Waals surface area contributed by atoms with Crippen LogP contribution in [0.3, 0.4) is 0 Å². The van der Waals surface area contributed by atoms with Gasteiger partial charge in [0.1, 0.15) is 0 Å². The van der Waals surface area contributed by atoms with Crippen molar-refractivity contribution in [3.63, 3.8) is 0 Å². The van der Waals surface area contributed by atoms with Gasteiger partial charge < -0.3 is 0 Å². The third-order valence-electron chi connectivity index (χ3n) is 0.686. The van der Waals surface area contributed by atoms with Gasteiger partial charge in [0.15, 0.2) is 0 Å². The summed E-state index contributed by atoms with van der Waals surface area (Å²) in [6.45, 7) is 4.46. The Kier molecular flexibility index (Phi) is 14.4. The van der Waals surface area contributed by atoms with E-state index in [1.54, 1.807) is 0 Å². The fourth-order valence-corrected chi connectivity index (χ4v) is 1.02. The zero-order valence-corrected chi connectivity index (χ0v) is 6.53.